The van der Waals surface area contributed by atoms with Crippen LogP contribution in [-0.4, -0.2) is 45.2 Å². The first-order chi connectivity index (χ1) is 15.9. The molecule has 0 spiro atoms. The van der Waals surface area contributed by atoms with Crippen LogP contribution >= 0.6 is 0 Å². The summed E-state index contributed by atoms with van der Waals surface area (Å²) in [6.07, 6.45) is 0. The smallest absolute Gasteiger partial charge is 0.339 e. The number of rotatable bonds is 6. The second-order valence-corrected chi connectivity index (χ2v) is 8.00. The molecule has 2 aromatic heterocycles. The average Bonchev–Trinajstić information content (AvgIpc) is 3.15. The molecule has 1 atom stereocenters. The van der Waals surface area contributed by atoms with E-state index in [9.17, 15) is 9.59 Å². The average molecular weight is 443 g/mol. The van der Waals surface area contributed by atoms with Crippen LogP contribution in [0.5, 0.6) is 0 Å². The minimum Gasteiger partial charge on any atom is -0.452 e. The molecule has 0 aliphatic carbocycles. The summed E-state index contributed by atoms with van der Waals surface area (Å²) < 4.78 is 7.11. The molecule has 0 aliphatic rings. The van der Waals surface area contributed by atoms with E-state index in [1.165, 1.54) is 0 Å². The SMILES string of the molecule is Cc1nn(C)c2nc(-c3ccccc3)cc(C(=O)OCC(=O)N(C)C(C)c3ccccc3)c12. The Balaban J connectivity index is 1.58. The van der Waals surface area contributed by atoms with E-state index in [2.05, 4.69) is 5.10 Å². The molecule has 0 saturated heterocycles. The van der Waals surface area contributed by atoms with E-state index in [0.29, 0.717) is 28.0 Å². The zero-order chi connectivity index (χ0) is 23.5. The predicted octanol–water partition coefficient (Wildman–Crippen LogP) is 4.32. The van der Waals surface area contributed by atoms with Crippen LogP contribution < -0.4 is 0 Å². The number of carbonyl (C=O) groups excluding carboxylic acids is 2. The fraction of sp³-hybridized carbons (Fsp3) is 0.231. The Labute approximate surface area is 192 Å². The van der Waals surface area contributed by atoms with Crippen molar-refractivity contribution in [2.75, 3.05) is 13.7 Å². The third-order valence-electron chi connectivity index (χ3n) is 5.84. The first kappa shape index (κ1) is 22.2. The van der Waals surface area contributed by atoms with Crippen LogP contribution in [0.25, 0.3) is 22.3 Å². The zero-order valence-electron chi connectivity index (χ0n) is 19.1. The summed E-state index contributed by atoms with van der Waals surface area (Å²) in [5, 5.41) is 5.05. The molecule has 4 rings (SSSR count). The van der Waals surface area contributed by atoms with E-state index in [-0.39, 0.29) is 18.6 Å². The number of benzene rings is 2. The third kappa shape index (κ3) is 4.48. The number of aryl methyl sites for hydroxylation is 2. The number of carbonyl (C=O) groups is 2. The van der Waals surface area contributed by atoms with Gasteiger partial charge in [-0.05, 0) is 25.5 Å². The Bertz CT molecular complexity index is 1300. The van der Waals surface area contributed by atoms with Gasteiger partial charge in [-0.1, -0.05) is 60.7 Å². The molecule has 168 valence electrons. The first-order valence-corrected chi connectivity index (χ1v) is 10.7. The molecular weight excluding hydrogens is 416 g/mol. The maximum atomic E-state index is 13.1. The molecule has 2 aromatic carbocycles. The molecule has 0 aliphatic heterocycles. The van der Waals surface area contributed by atoms with Crippen molar-refractivity contribution in [1.29, 1.82) is 0 Å². The number of esters is 1. The summed E-state index contributed by atoms with van der Waals surface area (Å²) in [4.78, 5) is 32.1. The number of aromatic nitrogens is 3. The Hall–Kier alpha value is -4.00. The standard InChI is InChI=1S/C26H26N4O3/c1-17-24-21(15-22(20-13-9-6-10-14-20)27-25(24)30(4)28-17)26(32)33-16-23(31)29(3)18(2)19-11-7-5-8-12-19/h5-15,18H,16H2,1-4H3. The van der Waals surface area contributed by atoms with Crippen LogP contribution in [0.4, 0.5) is 0 Å². The molecule has 0 bridgehead atoms. The van der Waals surface area contributed by atoms with Gasteiger partial charge in [0, 0.05) is 19.7 Å². The van der Waals surface area contributed by atoms with E-state index < -0.39 is 5.97 Å². The van der Waals surface area contributed by atoms with E-state index in [1.807, 2.05) is 74.5 Å². The molecule has 7 heteroatoms. The largest absolute Gasteiger partial charge is 0.452 e. The summed E-state index contributed by atoms with van der Waals surface area (Å²) >= 11 is 0. The molecule has 0 saturated carbocycles. The van der Waals surface area contributed by atoms with Gasteiger partial charge in [0.15, 0.2) is 12.3 Å². The lowest BCUT2D eigenvalue weighted by Crippen LogP contribution is -2.33. The lowest BCUT2D eigenvalue weighted by molar-refractivity contribution is -0.135. The normalized spacial score (nSPS) is 11.9. The highest BCUT2D eigenvalue weighted by Gasteiger charge is 2.23. The highest BCUT2D eigenvalue weighted by molar-refractivity contribution is 6.05. The van der Waals surface area contributed by atoms with E-state index in [1.54, 1.807) is 29.7 Å². The number of ether oxygens (including phenoxy) is 1. The highest BCUT2D eigenvalue weighted by Crippen LogP contribution is 2.27. The van der Waals surface area contributed by atoms with Crippen LogP contribution in [0.1, 0.15) is 34.6 Å². The van der Waals surface area contributed by atoms with Gasteiger partial charge in [-0.2, -0.15) is 5.10 Å². The van der Waals surface area contributed by atoms with Crippen molar-refractivity contribution in [3.63, 3.8) is 0 Å². The molecule has 33 heavy (non-hydrogen) atoms. The summed E-state index contributed by atoms with van der Waals surface area (Å²) in [5.74, 6) is -0.860. The van der Waals surface area contributed by atoms with Crippen molar-refractivity contribution < 1.29 is 14.3 Å². The van der Waals surface area contributed by atoms with Crippen LogP contribution in [0, 0.1) is 6.92 Å². The van der Waals surface area contributed by atoms with Gasteiger partial charge < -0.3 is 9.64 Å². The Kier molecular flexibility index (Phi) is 6.22. The highest BCUT2D eigenvalue weighted by atomic mass is 16.5. The van der Waals surface area contributed by atoms with E-state index in [4.69, 9.17) is 9.72 Å². The summed E-state index contributed by atoms with van der Waals surface area (Å²) in [7, 11) is 3.49. The quantitative estimate of drug-likeness (QED) is 0.416. The Morgan fingerprint density at radius 3 is 2.36 bits per heavy atom. The lowest BCUT2D eigenvalue weighted by atomic mass is 10.1. The van der Waals surface area contributed by atoms with Crippen molar-refractivity contribution >= 4 is 22.9 Å². The number of amides is 1. The van der Waals surface area contributed by atoms with Crippen molar-refractivity contribution in [1.82, 2.24) is 19.7 Å². The van der Waals surface area contributed by atoms with Crippen LogP contribution in [-0.2, 0) is 16.6 Å². The summed E-state index contributed by atoms with van der Waals surface area (Å²) in [6.45, 7) is 3.41. The number of nitrogens with zero attached hydrogens (tertiary/aromatic N) is 4. The number of pyridine rings is 1. The van der Waals surface area contributed by atoms with Gasteiger partial charge in [0.2, 0.25) is 0 Å². The van der Waals surface area contributed by atoms with Crippen molar-refractivity contribution in [2.45, 2.75) is 19.9 Å². The minimum atomic E-state index is -0.579. The minimum absolute atomic E-state index is 0.143. The van der Waals surface area contributed by atoms with E-state index >= 15 is 0 Å². The molecule has 4 aromatic rings. The first-order valence-electron chi connectivity index (χ1n) is 10.7. The molecule has 0 N–H and O–H groups in total. The van der Waals surface area contributed by atoms with Gasteiger partial charge in [0.1, 0.15) is 0 Å². The zero-order valence-corrected chi connectivity index (χ0v) is 19.1. The molecule has 7 nitrogen and oxygen atoms in total. The van der Waals surface area contributed by atoms with Crippen LogP contribution in [0.15, 0.2) is 66.7 Å². The maximum absolute atomic E-state index is 13.1. The predicted molar refractivity (Wildman–Crippen MR) is 127 cm³/mol. The number of likely N-dealkylation sites (N-methyl/N-ethyl adjacent to an activating group) is 1. The van der Waals surface area contributed by atoms with Gasteiger partial charge in [0.05, 0.1) is 28.4 Å². The van der Waals surface area contributed by atoms with Gasteiger partial charge in [-0.25, -0.2) is 9.78 Å². The van der Waals surface area contributed by atoms with Gasteiger partial charge >= 0.3 is 5.97 Å². The second kappa shape index (κ2) is 9.24. The van der Waals surface area contributed by atoms with Crippen molar-refractivity contribution in [3.05, 3.63) is 83.6 Å². The lowest BCUT2D eigenvalue weighted by Gasteiger charge is -2.25. The second-order valence-electron chi connectivity index (χ2n) is 8.00. The molecule has 2 heterocycles. The molecule has 0 fully saturated rings. The fourth-order valence-corrected chi connectivity index (χ4v) is 3.84. The molecule has 0 radical (unpaired) electrons. The maximum Gasteiger partial charge on any atom is 0.339 e. The van der Waals surface area contributed by atoms with Crippen LogP contribution in [0.3, 0.4) is 0 Å². The molecule has 1 amide bonds. The fourth-order valence-electron chi connectivity index (χ4n) is 3.84. The number of hydrogen-bond acceptors (Lipinski definition) is 5. The van der Waals surface area contributed by atoms with Crippen molar-refractivity contribution in [2.24, 2.45) is 7.05 Å². The van der Waals surface area contributed by atoms with Gasteiger partial charge in [-0.15, -0.1) is 0 Å². The monoisotopic (exact) mass is 442 g/mol. The Morgan fingerprint density at radius 1 is 1.06 bits per heavy atom. The summed E-state index contributed by atoms with van der Waals surface area (Å²) in [5.41, 5.74) is 4.12. The topological polar surface area (TPSA) is 77.3 Å². The van der Waals surface area contributed by atoms with Crippen LogP contribution in [0.2, 0.25) is 0 Å². The van der Waals surface area contributed by atoms with Gasteiger partial charge in [0.25, 0.3) is 5.91 Å². The van der Waals surface area contributed by atoms with E-state index in [0.717, 1.165) is 11.1 Å². The molecule has 1 unspecified atom stereocenters. The third-order valence-corrected chi connectivity index (χ3v) is 5.84. The van der Waals surface area contributed by atoms with Crippen molar-refractivity contribution in [3.8, 4) is 11.3 Å². The number of hydrogen-bond donors (Lipinski definition) is 0. The van der Waals surface area contributed by atoms with Gasteiger partial charge in [-0.3, -0.25) is 9.48 Å². The summed E-state index contributed by atoms with van der Waals surface area (Å²) in [6, 6.07) is 20.9. The Morgan fingerprint density at radius 2 is 1.70 bits per heavy atom. The number of fused-ring (bicyclic) bond motifs is 1. The molecular formula is C26H26N4O3.